The number of nitrogens with one attached hydrogen (secondary N) is 2. The lowest BCUT2D eigenvalue weighted by Gasteiger charge is -2.16. The third-order valence-corrected chi connectivity index (χ3v) is 6.54. The molecule has 0 aliphatic rings. The minimum atomic E-state index is -2.81. The molecule has 0 bridgehead atoms. The number of imidazole rings is 1. The number of aromatic nitrogens is 8. The van der Waals surface area contributed by atoms with Crippen LogP contribution in [0.25, 0.3) is 21.9 Å². The fraction of sp³-hybridized carbons (Fsp3) is 0.273. The van der Waals surface area contributed by atoms with Crippen LogP contribution in [-0.2, 0) is 0 Å². The Morgan fingerprint density at radius 3 is 2.80 bits per heavy atom. The molecule has 0 spiro atoms. The maximum Gasteiger partial charge on any atom is 0.282 e. The van der Waals surface area contributed by atoms with E-state index in [0.717, 1.165) is 32.7 Å². The van der Waals surface area contributed by atoms with Crippen LogP contribution in [0.15, 0.2) is 43.1 Å². The summed E-state index contributed by atoms with van der Waals surface area (Å²) < 4.78 is 30.1. The van der Waals surface area contributed by atoms with E-state index in [1.165, 1.54) is 12.4 Å². The van der Waals surface area contributed by atoms with Crippen LogP contribution in [0, 0.1) is 6.92 Å². The van der Waals surface area contributed by atoms with Crippen molar-refractivity contribution in [2.75, 3.05) is 0 Å². The van der Waals surface area contributed by atoms with Gasteiger partial charge in [0.2, 0.25) is 0 Å². The third-order valence-electron chi connectivity index (χ3n) is 5.52. The molecule has 1 amide bonds. The molecule has 35 heavy (non-hydrogen) atoms. The molecule has 5 aromatic heterocycles. The number of carbonyl (C=O) groups is 1. The van der Waals surface area contributed by atoms with E-state index < -0.39 is 18.0 Å². The monoisotopic (exact) mass is 497 g/mol. The molecule has 2 N–H and O–H groups in total. The first-order valence-electron chi connectivity index (χ1n) is 10.9. The second-order valence-electron chi connectivity index (χ2n) is 7.92. The highest BCUT2D eigenvalue weighted by molar-refractivity contribution is 7.15. The lowest BCUT2D eigenvalue weighted by atomic mass is 10.1. The van der Waals surface area contributed by atoms with Crippen LogP contribution >= 0.6 is 11.3 Å². The van der Waals surface area contributed by atoms with Crippen LogP contribution in [0.3, 0.4) is 0 Å². The highest BCUT2D eigenvalue weighted by Crippen LogP contribution is 2.31. The number of H-pyrrole nitrogens is 1. The minimum absolute atomic E-state index is 0.219. The van der Waals surface area contributed by atoms with Crippen molar-refractivity contribution < 1.29 is 13.6 Å². The van der Waals surface area contributed by atoms with Crippen molar-refractivity contribution >= 4 is 22.9 Å². The Morgan fingerprint density at radius 2 is 2.11 bits per heavy atom. The fourth-order valence-electron chi connectivity index (χ4n) is 3.88. The second-order valence-corrected chi connectivity index (χ2v) is 9.21. The number of carbonyl (C=O) groups excluding carboxylic acids is 1. The first kappa shape index (κ1) is 22.8. The van der Waals surface area contributed by atoms with Crippen molar-refractivity contribution in [3.63, 3.8) is 0 Å². The highest BCUT2D eigenvalue weighted by atomic mass is 32.1. The Balaban J connectivity index is 1.64. The Morgan fingerprint density at radius 1 is 1.26 bits per heavy atom. The van der Waals surface area contributed by atoms with E-state index in [0.29, 0.717) is 17.9 Å². The SMILES string of the molecule is CCC[C@H](NC(=O)c1cc(-n2nncc2C(F)F)c2ncc(-c3ccc(C)s3)n2c1)c1nnc[nH]1. The summed E-state index contributed by atoms with van der Waals surface area (Å²) in [4.78, 5) is 22.8. The number of rotatable bonds is 8. The van der Waals surface area contributed by atoms with Crippen molar-refractivity contribution in [1.29, 1.82) is 0 Å². The maximum absolute atomic E-state index is 13.7. The van der Waals surface area contributed by atoms with Crippen LogP contribution in [-0.4, -0.2) is 45.5 Å². The molecule has 10 nitrogen and oxygen atoms in total. The Labute approximate surface area is 202 Å². The van der Waals surface area contributed by atoms with Crippen molar-refractivity contribution in [3.05, 3.63) is 65.1 Å². The molecule has 13 heteroatoms. The van der Waals surface area contributed by atoms with E-state index >= 15 is 0 Å². The number of hydrogen-bond acceptors (Lipinski definition) is 7. The van der Waals surface area contributed by atoms with Crippen molar-refractivity contribution in [1.82, 2.24) is 44.9 Å². The van der Waals surface area contributed by atoms with Gasteiger partial charge in [-0.1, -0.05) is 18.6 Å². The predicted molar refractivity (Wildman–Crippen MR) is 125 cm³/mol. The molecule has 5 heterocycles. The number of aromatic amines is 1. The van der Waals surface area contributed by atoms with Crippen molar-refractivity contribution in [3.8, 4) is 16.3 Å². The third kappa shape index (κ3) is 4.30. The molecule has 5 aromatic rings. The summed E-state index contributed by atoms with van der Waals surface area (Å²) in [5.41, 5.74) is 1.17. The van der Waals surface area contributed by atoms with Gasteiger partial charge in [-0.05, 0) is 31.5 Å². The van der Waals surface area contributed by atoms with Crippen LogP contribution in [0.5, 0.6) is 0 Å². The number of amides is 1. The average Bonchev–Trinajstić information content (AvgIpc) is 3.64. The quantitative estimate of drug-likeness (QED) is 0.330. The number of halogens is 2. The smallest absolute Gasteiger partial charge is 0.282 e. The summed E-state index contributed by atoms with van der Waals surface area (Å²) >= 11 is 1.57. The fourth-order valence-corrected chi connectivity index (χ4v) is 4.75. The molecule has 1 atom stereocenters. The molecule has 0 radical (unpaired) electrons. The van der Waals surface area contributed by atoms with Crippen molar-refractivity contribution in [2.24, 2.45) is 0 Å². The Kier molecular flexibility index (Phi) is 6.07. The minimum Gasteiger partial charge on any atom is -0.342 e. The van der Waals surface area contributed by atoms with Crippen LogP contribution in [0.1, 0.15) is 59.0 Å². The molecular weight excluding hydrogens is 476 g/mol. The van der Waals surface area contributed by atoms with E-state index in [1.54, 1.807) is 28.1 Å². The molecule has 180 valence electrons. The van der Waals surface area contributed by atoms with Gasteiger partial charge in [0.1, 0.15) is 17.7 Å². The number of hydrogen-bond donors (Lipinski definition) is 2. The van der Waals surface area contributed by atoms with Gasteiger partial charge in [0, 0.05) is 11.1 Å². The molecular formula is C22H21F2N9OS. The zero-order valence-corrected chi connectivity index (χ0v) is 19.6. The second kappa shape index (κ2) is 9.33. The highest BCUT2D eigenvalue weighted by Gasteiger charge is 2.24. The Hall–Kier alpha value is -4.00. The summed E-state index contributed by atoms with van der Waals surface area (Å²) in [6.07, 6.45) is 4.38. The molecule has 0 aliphatic carbocycles. The van der Waals surface area contributed by atoms with Crippen LogP contribution in [0.4, 0.5) is 8.78 Å². The van der Waals surface area contributed by atoms with E-state index in [9.17, 15) is 13.6 Å². The summed E-state index contributed by atoms with van der Waals surface area (Å²) in [7, 11) is 0. The Bertz CT molecular complexity index is 1470. The number of pyridine rings is 1. The average molecular weight is 498 g/mol. The summed E-state index contributed by atoms with van der Waals surface area (Å²) in [5, 5.41) is 18.3. The number of nitrogens with zero attached hydrogens (tertiary/aromatic N) is 7. The summed E-state index contributed by atoms with van der Waals surface area (Å²) in [5.74, 6) is 0.138. The lowest BCUT2D eigenvalue weighted by Crippen LogP contribution is -2.29. The number of fused-ring (bicyclic) bond motifs is 1. The van der Waals surface area contributed by atoms with E-state index in [-0.39, 0.29) is 17.3 Å². The molecule has 0 aromatic carbocycles. The van der Waals surface area contributed by atoms with E-state index in [2.05, 4.69) is 35.8 Å². The normalized spacial score (nSPS) is 12.5. The summed E-state index contributed by atoms with van der Waals surface area (Å²) in [6.45, 7) is 3.99. The zero-order valence-electron chi connectivity index (χ0n) is 18.8. The van der Waals surface area contributed by atoms with Gasteiger partial charge >= 0.3 is 0 Å². The van der Waals surface area contributed by atoms with Crippen LogP contribution < -0.4 is 5.32 Å². The van der Waals surface area contributed by atoms with Gasteiger partial charge in [0.15, 0.2) is 11.5 Å². The van der Waals surface area contributed by atoms with Gasteiger partial charge in [0.25, 0.3) is 12.3 Å². The van der Waals surface area contributed by atoms with Gasteiger partial charge < -0.3 is 10.3 Å². The first-order chi connectivity index (χ1) is 17.0. The van der Waals surface area contributed by atoms with Gasteiger partial charge in [-0.15, -0.1) is 26.6 Å². The molecule has 5 rings (SSSR count). The maximum atomic E-state index is 13.7. The predicted octanol–water partition coefficient (Wildman–Crippen LogP) is 4.28. The van der Waals surface area contributed by atoms with Gasteiger partial charge in [-0.25, -0.2) is 18.4 Å². The largest absolute Gasteiger partial charge is 0.342 e. The summed E-state index contributed by atoms with van der Waals surface area (Å²) in [6, 6.07) is 5.04. The lowest BCUT2D eigenvalue weighted by molar-refractivity contribution is 0.0932. The van der Waals surface area contributed by atoms with E-state index in [4.69, 9.17) is 0 Å². The molecule has 0 saturated heterocycles. The molecule has 0 fully saturated rings. The zero-order chi connectivity index (χ0) is 24.5. The number of alkyl halides is 2. The van der Waals surface area contributed by atoms with E-state index in [1.807, 2.05) is 26.0 Å². The molecule has 0 aliphatic heterocycles. The standard InChI is InChI=1S/C22H21F2N9OS/c1-3-4-14(20-26-11-28-30-20)29-22(34)13-7-15(33-17(19(23)24)9-27-31-33)21-25-8-16(32(21)10-13)18-6-5-12(2)35-18/h5-11,14,19H,3-4H2,1-2H3,(H,29,34)(H,26,28,30)/t14-/m0/s1. The van der Waals surface area contributed by atoms with Crippen molar-refractivity contribution in [2.45, 2.75) is 39.2 Å². The molecule has 0 saturated carbocycles. The number of aryl methyl sites for hydroxylation is 1. The molecule has 0 unspecified atom stereocenters. The van der Waals surface area contributed by atoms with Gasteiger partial charge in [-0.2, -0.15) is 0 Å². The van der Waals surface area contributed by atoms with Gasteiger partial charge in [0.05, 0.1) is 34.6 Å². The number of thiophene rings is 1. The topological polar surface area (TPSA) is 119 Å². The first-order valence-corrected chi connectivity index (χ1v) is 11.7. The van der Waals surface area contributed by atoms with Crippen LogP contribution in [0.2, 0.25) is 0 Å². The van der Waals surface area contributed by atoms with Gasteiger partial charge in [-0.3, -0.25) is 9.20 Å².